The number of esters is 2. The zero-order valence-corrected chi connectivity index (χ0v) is 21.1. The van der Waals surface area contributed by atoms with E-state index >= 15 is 0 Å². The van der Waals surface area contributed by atoms with Gasteiger partial charge < -0.3 is 19.5 Å². The van der Waals surface area contributed by atoms with Gasteiger partial charge in [-0.1, -0.05) is 18.2 Å². The Hall–Kier alpha value is -3.39. The molecule has 0 spiro atoms. The molecular formula is C27H29NO6S. The molecule has 0 fully saturated rings. The van der Waals surface area contributed by atoms with E-state index in [-0.39, 0.29) is 19.0 Å². The number of carbonyl (C=O) groups is 3. The van der Waals surface area contributed by atoms with Crippen molar-refractivity contribution in [3.05, 3.63) is 74.8 Å². The Bertz CT molecular complexity index is 1200. The Morgan fingerprint density at radius 2 is 1.86 bits per heavy atom. The predicted molar refractivity (Wildman–Crippen MR) is 132 cm³/mol. The Kier molecular flexibility index (Phi) is 7.40. The number of benzene rings is 1. The van der Waals surface area contributed by atoms with Crippen LogP contribution < -0.4 is 10.1 Å². The van der Waals surface area contributed by atoms with Gasteiger partial charge in [-0.15, -0.1) is 0 Å². The fraction of sp³-hybridized carbons (Fsp3) is 0.370. The van der Waals surface area contributed by atoms with E-state index in [1.165, 1.54) is 11.3 Å². The minimum Gasteiger partial charge on any atom is -0.496 e. The van der Waals surface area contributed by atoms with E-state index in [1.807, 2.05) is 48.0 Å². The highest BCUT2D eigenvalue weighted by Gasteiger charge is 2.49. The molecule has 4 rings (SSSR count). The third-order valence-corrected chi connectivity index (χ3v) is 7.17. The average Bonchev–Trinajstić information content (AvgIpc) is 3.38. The summed E-state index contributed by atoms with van der Waals surface area (Å²) in [6.45, 7) is 5.65. The van der Waals surface area contributed by atoms with Crippen molar-refractivity contribution in [3.63, 3.8) is 0 Å². The molecule has 0 radical (unpaired) electrons. The van der Waals surface area contributed by atoms with Gasteiger partial charge in [0, 0.05) is 28.8 Å². The van der Waals surface area contributed by atoms with Crippen molar-refractivity contribution in [3.8, 4) is 5.75 Å². The Labute approximate surface area is 208 Å². The quantitative estimate of drug-likeness (QED) is 0.448. The number of Topliss-reactive ketones (excluding diaryl/α,β-unsaturated/α-hetero) is 1. The van der Waals surface area contributed by atoms with Crippen molar-refractivity contribution in [1.29, 1.82) is 0 Å². The van der Waals surface area contributed by atoms with Gasteiger partial charge in [-0.25, -0.2) is 4.79 Å². The fourth-order valence-corrected chi connectivity index (χ4v) is 5.74. The van der Waals surface area contributed by atoms with Crippen molar-refractivity contribution in [2.75, 3.05) is 20.3 Å². The maximum Gasteiger partial charge on any atom is 0.336 e. The van der Waals surface area contributed by atoms with Gasteiger partial charge in [0.1, 0.15) is 11.7 Å². The third kappa shape index (κ3) is 4.50. The second-order valence-corrected chi connectivity index (χ2v) is 9.19. The number of ketones is 1. The molecule has 2 aliphatic rings. The number of thiophene rings is 1. The molecule has 2 heterocycles. The highest BCUT2D eigenvalue weighted by molar-refractivity contribution is 7.08. The largest absolute Gasteiger partial charge is 0.496 e. The molecule has 0 bridgehead atoms. The van der Waals surface area contributed by atoms with Crippen LogP contribution in [0.2, 0.25) is 0 Å². The number of para-hydroxylation sites is 1. The van der Waals surface area contributed by atoms with Gasteiger partial charge in [-0.3, -0.25) is 9.59 Å². The molecular weight excluding hydrogens is 466 g/mol. The summed E-state index contributed by atoms with van der Waals surface area (Å²) >= 11 is 1.48. The van der Waals surface area contributed by atoms with Crippen LogP contribution in [0, 0.1) is 5.92 Å². The molecule has 1 aliphatic heterocycles. The first-order chi connectivity index (χ1) is 16.9. The SMILES string of the molecule is CCOC(=O)C1=C(C)NC2=C(C(=O)[C@H](C(=O)OCC)[C@H](c3ccccc3OC)C2)[C@H]1c1ccsc1. The average molecular weight is 496 g/mol. The highest BCUT2D eigenvalue weighted by Crippen LogP contribution is 2.49. The number of nitrogens with one attached hydrogen (secondary N) is 1. The first-order valence-electron chi connectivity index (χ1n) is 11.7. The van der Waals surface area contributed by atoms with Crippen molar-refractivity contribution in [2.45, 2.75) is 39.0 Å². The first kappa shape index (κ1) is 24.7. The standard InChI is InChI=1S/C27H29NO6S/c1-5-33-26(30)21-15(3)28-19-13-18(17-9-7-8-10-20(17)32-4)23(27(31)34-6-2)25(29)24(19)22(21)16-11-12-35-14-16/h7-12,14,18,22-23,28H,5-6,13H2,1-4H3/t18-,22-,23+/m0/s1. The van der Waals surface area contributed by atoms with Crippen LogP contribution >= 0.6 is 11.3 Å². The molecule has 1 N–H and O–H groups in total. The zero-order chi connectivity index (χ0) is 25.1. The molecule has 1 aromatic heterocycles. The topological polar surface area (TPSA) is 90.9 Å². The molecule has 0 saturated heterocycles. The van der Waals surface area contributed by atoms with Crippen LogP contribution in [0.5, 0.6) is 5.75 Å². The summed E-state index contributed by atoms with van der Waals surface area (Å²) in [5, 5.41) is 7.14. The molecule has 184 valence electrons. The van der Waals surface area contributed by atoms with Gasteiger partial charge in [-0.2, -0.15) is 11.3 Å². The Morgan fingerprint density at radius 1 is 1.11 bits per heavy atom. The smallest absolute Gasteiger partial charge is 0.336 e. The fourth-order valence-electron chi connectivity index (χ4n) is 5.05. The highest BCUT2D eigenvalue weighted by atomic mass is 32.1. The molecule has 3 atom stereocenters. The van der Waals surface area contributed by atoms with Crippen LogP contribution in [0.25, 0.3) is 0 Å². The second-order valence-electron chi connectivity index (χ2n) is 8.41. The minimum absolute atomic E-state index is 0.159. The summed E-state index contributed by atoms with van der Waals surface area (Å²) in [6, 6.07) is 9.30. The molecule has 2 aromatic rings. The Balaban J connectivity index is 1.89. The van der Waals surface area contributed by atoms with E-state index < -0.39 is 29.7 Å². The molecule has 35 heavy (non-hydrogen) atoms. The van der Waals surface area contributed by atoms with E-state index in [0.29, 0.717) is 34.7 Å². The van der Waals surface area contributed by atoms with Gasteiger partial charge in [0.05, 0.1) is 25.9 Å². The molecule has 0 saturated carbocycles. The summed E-state index contributed by atoms with van der Waals surface area (Å²) in [7, 11) is 1.57. The van der Waals surface area contributed by atoms with E-state index in [4.69, 9.17) is 14.2 Å². The summed E-state index contributed by atoms with van der Waals surface area (Å²) in [5.41, 5.74) is 3.72. The van der Waals surface area contributed by atoms with Crippen LogP contribution in [0.4, 0.5) is 0 Å². The van der Waals surface area contributed by atoms with Crippen molar-refractivity contribution in [1.82, 2.24) is 5.32 Å². The van der Waals surface area contributed by atoms with Crippen molar-refractivity contribution < 1.29 is 28.6 Å². The zero-order valence-electron chi connectivity index (χ0n) is 20.3. The molecule has 0 unspecified atom stereocenters. The molecule has 8 heteroatoms. The van der Waals surface area contributed by atoms with Crippen molar-refractivity contribution in [2.24, 2.45) is 5.92 Å². The van der Waals surface area contributed by atoms with Gasteiger partial charge in [0.15, 0.2) is 5.78 Å². The molecule has 7 nitrogen and oxygen atoms in total. The lowest BCUT2D eigenvalue weighted by Crippen LogP contribution is -2.43. The van der Waals surface area contributed by atoms with Crippen LogP contribution in [0.3, 0.4) is 0 Å². The summed E-state index contributed by atoms with van der Waals surface area (Å²) < 4.78 is 16.3. The number of methoxy groups -OCH3 is 1. The number of hydrogen-bond acceptors (Lipinski definition) is 8. The van der Waals surface area contributed by atoms with Gasteiger partial charge >= 0.3 is 11.9 Å². The maximum atomic E-state index is 14.2. The van der Waals surface area contributed by atoms with Gasteiger partial charge in [-0.05, 0) is 61.2 Å². The second kappa shape index (κ2) is 10.5. The number of ether oxygens (including phenoxy) is 3. The summed E-state index contributed by atoms with van der Waals surface area (Å²) in [5.74, 6) is -2.97. The summed E-state index contributed by atoms with van der Waals surface area (Å²) in [4.78, 5) is 40.4. The predicted octanol–water partition coefficient (Wildman–Crippen LogP) is 4.47. The molecule has 1 aliphatic carbocycles. The number of hydrogen-bond donors (Lipinski definition) is 1. The van der Waals surface area contributed by atoms with E-state index in [0.717, 1.165) is 11.1 Å². The number of rotatable bonds is 7. The third-order valence-electron chi connectivity index (χ3n) is 6.47. The van der Waals surface area contributed by atoms with Crippen LogP contribution in [0.15, 0.2) is 63.6 Å². The Morgan fingerprint density at radius 3 is 2.51 bits per heavy atom. The van der Waals surface area contributed by atoms with Crippen molar-refractivity contribution >= 4 is 29.1 Å². The number of carbonyl (C=O) groups excluding carboxylic acids is 3. The first-order valence-corrected chi connectivity index (χ1v) is 12.6. The van der Waals surface area contributed by atoms with Crippen LogP contribution in [-0.4, -0.2) is 38.0 Å². The monoisotopic (exact) mass is 495 g/mol. The lowest BCUT2D eigenvalue weighted by Gasteiger charge is -2.39. The minimum atomic E-state index is -1.06. The molecule has 1 aromatic carbocycles. The van der Waals surface area contributed by atoms with Crippen LogP contribution in [-0.2, 0) is 23.9 Å². The maximum absolute atomic E-state index is 14.2. The lowest BCUT2D eigenvalue weighted by molar-refractivity contribution is -0.152. The van der Waals surface area contributed by atoms with E-state index in [1.54, 1.807) is 21.0 Å². The molecule has 0 amide bonds. The van der Waals surface area contributed by atoms with Crippen LogP contribution in [0.1, 0.15) is 50.2 Å². The lowest BCUT2D eigenvalue weighted by atomic mass is 9.67. The normalized spacial score (nSPS) is 21.8. The van der Waals surface area contributed by atoms with Gasteiger partial charge in [0.25, 0.3) is 0 Å². The van der Waals surface area contributed by atoms with E-state index in [2.05, 4.69) is 5.32 Å². The summed E-state index contributed by atoms with van der Waals surface area (Å²) in [6.07, 6.45) is 0.388. The van der Waals surface area contributed by atoms with Gasteiger partial charge in [0.2, 0.25) is 0 Å². The number of dihydropyridines is 1. The van der Waals surface area contributed by atoms with E-state index in [9.17, 15) is 14.4 Å². The number of allylic oxidation sites excluding steroid dienone is 3.